The Morgan fingerprint density at radius 1 is 1.26 bits per heavy atom. The van der Waals surface area contributed by atoms with E-state index in [1.165, 1.54) is 16.9 Å². The van der Waals surface area contributed by atoms with Crippen molar-refractivity contribution in [3.05, 3.63) is 86.8 Å². The average Bonchev–Trinajstić information content (AvgIpc) is 3.18. The molecule has 178 valence electrons. The van der Waals surface area contributed by atoms with Gasteiger partial charge in [0.2, 0.25) is 0 Å². The lowest BCUT2D eigenvalue weighted by Gasteiger charge is -2.34. The number of pyridine rings is 2. The first-order valence-corrected chi connectivity index (χ1v) is 10.8. The third-order valence-corrected chi connectivity index (χ3v) is 6.47. The molecule has 0 aromatic carbocycles. The molecule has 0 spiro atoms. The molecular weight excluding hydrogens is 463 g/mol. The Morgan fingerprint density at radius 2 is 2.03 bits per heavy atom. The molecule has 2 unspecified atom stereocenters. The molecule has 0 bridgehead atoms. The number of aromatic amines is 1. The largest absolute Gasteiger partial charge is 0.618 e. The summed E-state index contributed by atoms with van der Waals surface area (Å²) < 4.78 is 40.8. The Labute approximate surface area is 196 Å². The molecule has 1 N–H and O–H groups in total. The Kier molecular flexibility index (Phi) is 5.27. The van der Waals surface area contributed by atoms with Gasteiger partial charge in [-0.05, 0) is 31.4 Å². The predicted molar refractivity (Wildman–Crippen MR) is 116 cm³/mol. The SMILES string of the molecule is C[C@@H](c1ccc(C(F)(F)F)nc1)n1nc(C#N)c2c(=O)[nH]c(C3CCC3c3cccc[n+]3[O-])nc21. The van der Waals surface area contributed by atoms with Gasteiger partial charge < -0.3 is 10.2 Å². The third kappa shape index (κ3) is 3.78. The fourth-order valence-electron chi connectivity index (χ4n) is 4.46. The van der Waals surface area contributed by atoms with Gasteiger partial charge in [0.05, 0.1) is 12.0 Å². The summed E-state index contributed by atoms with van der Waals surface area (Å²) in [5.41, 5.74) is -0.602. The molecule has 12 heteroatoms. The van der Waals surface area contributed by atoms with Crippen molar-refractivity contribution in [1.82, 2.24) is 24.7 Å². The van der Waals surface area contributed by atoms with E-state index in [2.05, 4.69) is 20.1 Å². The van der Waals surface area contributed by atoms with Gasteiger partial charge in [0.25, 0.3) is 5.56 Å². The van der Waals surface area contributed by atoms with E-state index in [1.54, 1.807) is 25.1 Å². The molecule has 1 fully saturated rings. The zero-order chi connectivity index (χ0) is 24.9. The van der Waals surface area contributed by atoms with Crippen LogP contribution in [0.4, 0.5) is 13.2 Å². The molecule has 9 nitrogen and oxygen atoms in total. The van der Waals surface area contributed by atoms with Crippen LogP contribution in [0.5, 0.6) is 0 Å². The summed E-state index contributed by atoms with van der Waals surface area (Å²) in [6, 6.07) is 8.51. The normalized spacial score (nSPS) is 18.7. The van der Waals surface area contributed by atoms with Crippen LogP contribution < -0.4 is 10.3 Å². The Balaban J connectivity index is 1.58. The number of aromatic nitrogens is 6. The topological polar surface area (TPSA) is 127 Å². The molecule has 0 amide bonds. The molecule has 0 saturated heterocycles. The van der Waals surface area contributed by atoms with Gasteiger partial charge in [0.1, 0.15) is 23.0 Å². The Bertz CT molecular complexity index is 1520. The molecule has 1 aliphatic rings. The number of rotatable bonds is 4. The molecular formula is C23H18F3N7O2. The smallest absolute Gasteiger partial charge is 0.433 e. The summed E-state index contributed by atoms with van der Waals surface area (Å²) in [5.74, 6) is 0.00950. The van der Waals surface area contributed by atoms with Gasteiger partial charge in [-0.15, -0.1) is 0 Å². The van der Waals surface area contributed by atoms with Crippen LogP contribution in [0.3, 0.4) is 0 Å². The first-order valence-electron chi connectivity index (χ1n) is 10.8. The molecule has 4 aromatic heterocycles. The van der Waals surface area contributed by atoms with Gasteiger partial charge in [0.15, 0.2) is 23.2 Å². The summed E-state index contributed by atoms with van der Waals surface area (Å²) in [5, 5.41) is 26.0. The van der Waals surface area contributed by atoms with Crippen LogP contribution in [-0.2, 0) is 6.18 Å². The molecule has 35 heavy (non-hydrogen) atoms. The molecule has 0 aliphatic heterocycles. The lowest BCUT2D eigenvalue weighted by molar-refractivity contribution is -0.616. The number of halogens is 3. The van der Waals surface area contributed by atoms with Crippen molar-refractivity contribution >= 4 is 11.0 Å². The third-order valence-electron chi connectivity index (χ3n) is 6.47. The standard InChI is InChI=1S/C23H18F3N7O2/c1-12(13-5-8-18(28-11-13)23(24,25)26)33-21-19(16(10-27)31-33)22(34)30-20(29-21)15-7-6-14(15)17-4-2-3-9-32(17)35/h2-5,8-9,11-12,14-15H,6-7H2,1H3,(H,29,30,34)/t12-,14?,15?/m0/s1. The maximum Gasteiger partial charge on any atom is 0.433 e. The average molecular weight is 481 g/mol. The fraction of sp³-hybridized carbons (Fsp3) is 0.304. The summed E-state index contributed by atoms with van der Waals surface area (Å²) >= 11 is 0. The Morgan fingerprint density at radius 3 is 2.63 bits per heavy atom. The maximum atomic E-state index is 13.0. The number of nitriles is 1. The monoisotopic (exact) mass is 481 g/mol. The lowest BCUT2D eigenvalue weighted by Crippen LogP contribution is -2.38. The van der Waals surface area contributed by atoms with Crippen molar-refractivity contribution in [2.45, 2.75) is 43.8 Å². The van der Waals surface area contributed by atoms with Crippen LogP contribution in [0.15, 0.2) is 47.5 Å². The number of H-pyrrole nitrogens is 1. The predicted octanol–water partition coefficient (Wildman–Crippen LogP) is 3.31. The second-order valence-corrected chi connectivity index (χ2v) is 8.45. The van der Waals surface area contributed by atoms with Gasteiger partial charge in [-0.2, -0.15) is 28.3 Å². The van der Waals surface area contributed by atoms with E-state index < -0.39 is 23.5 Å². The quantitative estimate of drug-likeness (QED) is 0.352. The fourth-order valence-corrected chi connectivity index (χ4v) is 4.46. The van der Waals surface area contributed by atoms with Crippen LogP contribution >= 0.6 is 0 Å². The first kappa shape index (κ1) is 22.5. The minimum Gasteiger partial charge on any atom is -0.618 e. The highest BCUT2D eigenvalue weighted by atomic mass is 19.4. The van der Waals surface area contributed by atoms with Gasteiger partial charge >= 0.3 is 6.18 Å². The van der Waals surface area contributed by atoms with Crippen molar-refractivity contribution in [1.29, 1.82) is 5.26 Å². The van der Waals surface area contributed by atoms with E-state index in [0.717, 1.165) is 23.4 Å². The number of nitrogens with zero attached hydrogens (tertiary/aromatic N) is 6. The number of nitrogens with one attached hydrogen (secondary N) is 1. The second-order valence-electron chi connectivity index (χ2n) is 8.45. The van der Waals surface area contributed by atoms with Crippen molar-refractivity contribution < 1.29 is 17.9 Å². The van der Waals surface area contributed by atoms with Crippen LogP contribution in [0.1, 0.15) is 66.1 Å². The summed E-state index contributed by atoms with van der Waals surface area (Å²) in [6.45, 7) is 1.66. The lowest BCUT2D eigenvalue weighted by atomic mass is 9.71. The van der Waals surface area contributed by atoms with E-state index in [0.29, 0.717) is 23.5 Å². The van der Waals surface area contributed by atoms with Gasteiger partial charge in [0, 0.05) is 24.2 Å². The second kappa shape index (κ2) is 8.19. The summed E-state index contributed by atoms with van der Waals surface area (Å²) in [4.78, 5) is 23.8. The molecule has 4 aromatic rings. The van der Waals surface area contributed by atoms with E-state index in [4.69, 9.17) is 0 Å². The van der Waals surface area contributed by atoms with Crippen molar-refractivity contribution in [2.24, 2.45) is 0 Å². The molecule has 1 saturated carbocycles. The van der Waals surface area contributed by atoms with Crippen LogP contribution in [0.2, 0.25) is 0 Å². The number of fused-ring (bicyclic) bond motifs is 1. The van der Waals surface area contributed by atoms with Gasteiger partial charge in [-0.25, -0.2) is 9.67 Å². The first-order chi connectivity index (χ1) is 16.7. The highest BCUT2D eigenvalue weighted by Crippen LogP contribution is 2.47. The van der Waals surface area contributed by atoms with E-state index in [9.17, 15) is 28.4 Å². The van der Waals surface area contributed by atoms with Crippen molar-refractivity contribution in [3.8, 4) is 6.07 Å². The summed E-state index contributed by atoms with van der Waals surface area (Å²) in [7, 11) is 0. The van der Waals surface area contributed by atoms with Gasteiger partial charge in [-0.1, -0.05) is 12.1 Å². The van der Waals surface area contributed by atoms with Gasteiger partial charge in [-0.3, -0.25) is 9.78 Å². The highest BCUT2D eigenvalue weighted by molar-refractivity contribution is 5.80. The minimum absolute atomic E-state index is 0.00237. The molecule has 0 radical (unpaired) electrons. The Hall–Kier alpha value is -4.27. The van der Waals surface area contributed by atoms with Crippen LogP contribution in [-0.4, -0.2) is 24.7 Å². The van der Waals surface area contributed by atoms with Crippen LogP contribution in [0.25, 0.3) is 11.0 Å². The minimum atomic E-state index is -4.57. The van der Waals surface area contributed by atoms with Crippen molar-refractivity contribution in [2.75, 3.05) is 0 Å². The molecule has 4 heterocycles. The summed E-state index contributed by atoms with van der Waals surface area (Å²) in [6.07, 6.45) is -0.623. The number of hydrogen-bond acceptors (Lipinski definition) is 6. The molecule has 5 rings (SSSR count). The van der Waals surface area contributed by atoms with Crippen LogP contribution in [0, 0.1) is 16.5 Å². The van der Waals surface area contributed by atoms with E-state index in [-0.39, 0.29) is 28.6 Å². The highest BCUT2D eigenvalue weighted by Gasteiger charge is 2.40. The molecule has 3 atom stereocenters. The molecule has 1 aliphatic carbocycles. The van der Waals surface area contributed by atoms with E-state index >= 15 is 0 Å². The van der Waals surface area contributed by atoms with E-state index in [1.807, 2.05) is 6.07 Å². The number of alkyl halides is 3. The maximum absolute atomic E-state index is 13.0. The number of hydrogen-bond donors (Lipinski definition) is 1. The zero-order valence-corrected chi connectivity index (χ0v) is 18.3. The zero-order valence-electron chi connectivity index (χ0n) is 18.3. The van der Waals surface area contributed by atoms with Crippen molar-refractivity contribution in [3.63, 3.8) is 0 Å².